The largest absolute Gasteiger partial charge is 0.339 e. The lowest BCUT2D eigenvalue weighted by molar-refractivity contribution is -0.120. The first-order chi connectivity index (χ1) is 13.3. The van der Waals surface area contributed by atoms with Crippen molar-refractivity contribution in [3.8, 4) is 6.07 Å². The van der Waals surface area contributed by atoms with Gasteiger partial charge in [-0.05, 0) is 75.1 Å². The number of nitrogens with zero attached hydrogens (tertiary/aromatic N) is 2. The van der Waals surface area contributed by atoms with Crippen LogP contribution in [0, 0.1) is 18.3 Å². The Morgan fingerprint density at radius 1 is 1.11 bits per heavy atom. The van der Waals surface area contributed by atoms with Crippen molar-refractivity contribution in [1.82, 2.24) is 4.90 Å². The molecule has 5 nitrogen and oxygen atoms in total. The van der Waals surface area contributed by atoms with E-state index in [1.165, 1.54) is 0 Å². The number of carbonyl (C=O) groups excluding carboxylic acids is 2. The van der Waals surface area contributed by atoms with Crippen molar-refractivity contribution >= 4 is 17.5 Å². The fourth-order valence-electron chi connectivity index (χ4n) is 3.47. The maximum atomic E-state index is 12.9. The van der Waals surface area contributed by atoms with Crippen LogP contribution in [0.25, 0.3) is 0 Å². The second kappa shape index (κ2) is 7.85. The van der Waals surface area contributed by atoms with Crippen LogP contribution in [0.15, 0.2) is 42.5 Å². The lowest BCUT2D eigenvalue weighted by atomic mass is 9.83. The summed E-state index contributed by atoms with van der Waals surface area (Å²) in [5.74, 6) is -0.109. The minimum absolute atomic E-state index is 0.0570. The molecule has 0 atom stereocenters. The highest BCUT2D eigenvalue weighted by Gasteiger charge is 2.30. The van der Waals surface area contributed by atoms with Gasteiger partial charge in [0.1, 0.15) is 0 Å². The number of anilines is 1. The van der Waals surface area contributed by atoms with Crippen molar-refractivity contribution in [1.29, 1.82) is 5.26 Å². The van der Waals surface area contributed by atoms with Crippen LogP contribution in [0.1, 0.15) is 53.7 Å². The van der Waals surface area contributed by atoms with Gasteiger partial charge in [0, 0.05) is 24.3 Å². The fraction of sp³-hybridized carbons (Fsp3) is 0.348. The van der Waals surface area contributed by atoms with Crippen LogP contribution < -0.4 is 5.32 Å². The van der Waals surface area contributed by atoms with Gasteiger partial charge >= 0.3 is 0 Å². The molecule has 1 aliphatic heterocycles. The van der Waals surface area contributed by atoms with E-state index in [0.29, 0.717) is 16.8 Å². The number of hydrogen-bond acceptors (Lipinski definition) is 3. The molecule has 0 saturated carbocycles. The Balaban J connectivity index is 1.77. The van der Waals surface area contributed by atoms with Crippen LogP contribution in [-0.4, -0.2) is 29.8 Å². The first-order valence-corrected chi connectivity index (χ1v) is 9.55. The first-order valence-electron chi connectivity index (χ1n) is 9.55. The molecule has 28 heavy (non-hydrogen) atoms. The SMILES string of the molecule is Cc1cc(NC(=O)C(C)(C)c2cccc(C#N)c2)ccc1C(=O)N1CCCC1. The van der Waals surface area contributed by atoms with E-state index in [4.69, 9.17) is 5.26 Å². The van der Waals surface area contributed by atoms with E-state index in [9.17, 15) is 9.59 Å². The smallest absolute Gasteiger partial charge is 0.254 e. The van der Waals surface area contributed by atoms with Gasteiger partial charge in [-0.2, -0.15) is 5.26 Å². The molecular formula is C23H25N3O2. The van der Waals surface area contributed by atoms with E-state index < -0.39 is 5.41 Å². The molecule has 1 heterocycles. The number of hydrogen-bond donors (Lipinski definition) is 1. The van der Waals surface area contributed by atoms with Crippen molar-refractivity contribution in [3.05, 3.63) is 64.7 Å². The highest BCUT2D eigenvalue weighted by atomic mass is 16.2. The maximum absolute atomic E-state index is 12.9. The molecule has 0 bridgehead atoms. The Morgan fingerprint density at radius 2 is 1.82 bits per heavy atom. The predicted molar refractivity (Wildman–Crippen MR) is 109 cm³/mol. The van der Waals surface area contributed by atoms with E-state index in [1.54, 1.807) is 30.3 Å². The summed E-state index contributed by atoms with van der Waals surface area (Å²) in [6.45, 7) is 7.17. The summed E-state index contributed by atoms with van der Waals surface area (Å²) in [5, 5.41) is 12.0. The Bertz CT molecular complexity index is 951. The second-order valence-electron chi connectivity index (χ2n) is 7.80. The summed E-state index contributed by atoms with van der Waals surface area (Å²) >= 11 is 0. The van der Waals surface area contributed by atoms with Crippen molar-refractivity contribution < 1.29 is 9.59 Å². The normalized spacial score (nSPS) is 13.9. The van der Waals surface area contributed by atoms with Crippen molar-refractivity contribution in [3.63, 3.8) is 0 Å². The number of nitriles is 1. The summed E-state index contributed by atoms with van der Waals surface area (Å²) < 4.78 is 0. The molecule has 0 aromatic heterocycles. The monoisotopic (exact) mass is 375 g/mol. The Hall–Kier alpha value is -3.13. The molecule has 2 aromatic rings. The van der Waals surface area contributed by atoms with Crippen LogP contribution in [0.2, 0.25) is 0 Å². The Morgan fingerprint density at radius 3 is 2.46 bits per heavy atom. The molecule has 144 valence electrons. The third-order valence-corrected chi connectivity index (χ3v) is 5.39. The van der Waals surface area contributed by atoms with Crippen molar-refractivity contribution in [2.24, 2.45) is 0 Å². The summed E-state index contributed by atoms with van der Waals surface area (Å²) in [4.78, 5) is 27.4. The molecule has 0 radical (unpaired) electrons. The highest BCUT2D eigenvalue weighted by molar-refractivity contribution is 6.00. The van der Waals surface area contributed by atoms with Gasteiger partial charge in [-0.25, -0.2) is 0 Å². The molecule has 2 aromatic carbocycles. The minimum atomic E-state index is -0.801. The maximum Gasteiger partial charge on any atom is 0.254 e. The van der Waals surface area contributed by atoms with Crippen LogP contribution in [-0.2, 0) is 10.2 Å². The molecule has 2 amide bonds. The quantitative estimate of drug-likeness (QED) is 0.877. The predicted octanol–water partition coefficient (Wildman–Crippen LogP) is 4.02. The molecule has 5 heteroatoms. The van der Waals surface area contributed by atoms with Crippen molar-refractivity contribution in [2.75, 3.05) is 18.4 Å². The molecule has 3 rings (SSSR count). The third-order valence-electron chi connectivity index (χ3n) is 5.39. The van der Waals surface area contributed by atoms with E-state index in [1.807, 2.05) is 37.8 Å². The zero-order chi connectivity index (χ0) is 20.3. The summed E-state index contributed by atoms with van der Waals surface area (Å²) in [6.07, 6.45) is 2.11. The molecule has 1 aliphatic rings. The van der Waals surface area contributed by atoms with Gasteiger partial charge in [0.15, 0.2) is 0 Å². The minimum Gasteiger partial charge on any atom is -0.339 e. The van der Waals surface area contributed by atoms with Gasteiger partial charge in [-0.3, -0.25) is 9.59 Å². The van der Waals surface area contributed by atoms with Gasteiger partial charge in [0.25, 0.3) is 5.91 Å². The molecule has 0 aliphatic carbocycles. The number of nitrogens with one attached hydrogen (secondary N) is 1. The van der Waals surface area contributed by atoms with E-state index >= 15 is 0 Å². The average molecular weight is 375 g/mol. The van der Waals surface area contributed by atoms with Crippen LogP contribution in [0.5, 0.6) is 0 Å². The van der Waals surface area contributed by atoms with E-state index in [-0.39, 0.29) is 11.8 Å². The van der Waals surface area contributed by atoms with E-state index in [0.717, 1.165) is 37.1 Å². The summed E-state index contributed by atoms with van der Waals surface area (Å²) in [7, 11) is 0. The second-order valence-corrected chi connectivity index (χ2v) is 7.80. The van der Waals surface area contributed by atoms with Gasteiger partial charge in [-0.1, -0.05) is 12.1 Å². The Kier molecular flexibility index (Phi) is 5.51. The first kappa shape index (κ1) is 19.6. The van der Waals surface area contributed by atoms with Gasteiger partial charge < -0.3 is 10.2 Å². The molecule has 1 saturated heterocycles. The number of likely N-dealkylation sites (tertiary alicyclic amines) is 1. The molecule has 0 spiro atoms. The molecular weight excluding hydrogens is 350 g/mol. The molecule has 1 fully saturated rings. The van der Waals surface area contributed by atoms with Gasteiger partial charge in [0.2, 0.25) is 5.91 Å². The van der Waals surface area contributed by atoms with Crippen LogP contribution >= 0.6 is 0 Å². The summed E-state index contributed by atoms with van der Waals surface area (Å²) in [6, 6.07) is 14.6. The van der Waals surface area contributed by atoms with Gasteiger partial charge in [0.05, 0.1) is 17.0 Å². The molecule has 0 unspecified atom stereocenters. The number of benzene rings is 2. The third kappa shape index (κ3) is 3.91. The topological polar surface area (TPSA) is 73.2 Å². The molecule has 1 N–H and O–H groups in total. The standard InChI is InChI=1S/C23H25N3O2/c1-16-13-19(9-10-20(16)21(27)26-11-4-5-12-26)25-22(28)23(2,3)18-8-6-7-17(14-18)15-24/h6-10,13-14H,4-5,11-12H2,1-3H3,(H,25,28). The van der Waals surface area contributed by atoms with Crippen LogP contribution in [0.3, 0.4) is 0 Å². The lowest BCUT2D eigenvalue weighted by Crippen LogP contribution is -2.35. The number of aryl methyl sites for hydroxylation is 1. The average Bonchev–Trinajstić information content (AvgIpc) is 3.22. The number of carbonyl (C=O) groups is 2. The van der Waals surface area contributed by atoms with Gasteiger partial charge in [-0.15, -0.1) is 0 Å². The lowest BCUT2D eigenvalue weighted by Gasteiger charge is -2.25. The van der Waals surface area contributed by atoms with E-state index in [2.05, 4.69) is 11.4 Å². The zero-order valence-corrected chi connectivity index (χ0v) is 16.6. The Labute approximate surface area is 166 Å². The fourth-order valence-corrected chi connectivity index (χ4v) is 3.47. The van der Waals surface area contributed by atoms with Crippen molar-refractivity contribution in [2.45, 2.75) is 39.0 Å². The highest BCUT2D eigenvalue weighted by Crippen LogP contribution is 2.27. The summed E-state index contributed by atoms with van der Waals surface area (Å²) in [5.41, 5.74) is 2.69. The number of rotatable bonds is 4. The zero-order valence-electron chi connectivity index (χ0n) is 16.6. The number of amides is 2. The van der Waals surface area contributed by atoms with Crippen LogP contribution in [0.4, 0.5) is 5.69 Å².